The number of ether oxygens (including phenoxy) is 1. The quantitative estimate of drug-likeness (QED) is 0.633. The molecule has 0 bridgehead atoms. The summed E-state index contributed by atoms with van der Waals surface area (Å²) in [5.74, 6) is 6.46. The standard InChI is InChI=1S/C14H19ClN4O/c1-19-11(7-8-17-19)4-5-13(18-16)12-9-10(15)3-6-14(12)20-2/h3,6-9,13,18H,4-5,16H2,1-2H3. The first-order chi connectivity index (χ1) is 9.65. The van der Waals surface area contributed by atoms with Gasteiger partial charge in [-0.1, -0.05) is 11.6 Å². The molecule has 3 N–H and O–H groups in total. The number of halogens is 1. The van der Waals surface area contributed by atoms with Crippen molar-refractivity contribution < 1.29 is 4.74 Å². The summed E-state index contributed by atoms with van der Waals surface area (Å²) in [7, 11) is 3.57. The van der Waals surface area contributed by atoms with Crippen molar-refractivity contribution in [2.45, 2.75) is 18.9 Å². The summed E-state index contributed by atoms with van der Waals surface area (Å²) in [5.41, 5.74) is 4.96. The molecular weight excluding hydrogens is 276 g/mol. The Labute approximate surface area is 123 Å². The van der Waals surface area contributed by atoms with Gasteiger partial charge in [-0.25, -0.2) is 0 Å². The lowest BCUT2D eigenvalue weighted by atomic mass is 10.0. The maximum absolute atomic E-state index is 6.06. The molecule has 108 valence electrons. The Balaban J connectivity index is 2.16. The summed E-state index contributed by atoms with van der Waals surface area (Å²) in [4.78, 5) is 0. The van der Waals surface area contributed by atoms with Crippen molar-refractivity contribution in [1.82, 2.24) is 15.2 Å². The number of nitrogens with two attached hydrogens (primary N) is 1. The molecular formula is C14H19ClN4O. The maximum Gasteiger partial charge on any atom is 0.123 e. The summed E-state index contributed by atoms with van der Waals surface area (Å²) < 4.78 is 7.24. The van der Waals surface area contributed by atoms with Crippen molar-refractivity contribution in [3.05, 3.63) is 46.7 Å². The van der Waals surface area contributed by atoms with Crippen LogP contribution in [0.2, 0.25) is 5.02 Å². The third kappa shape index (κ3) is 3.30. The van der Waals surface area contributed by atoms with Gasteiger partial charge < -0.3 is 4.74 Å². The molecule has 0 radical (unpaired) electrons. The van der Waals surface area contributed by atoms with Crippen molar-refractivity contribution in [3.63, 3.8) is 0 Å². The Morgan fingerprint density at radius 1 is 1.45 bits per heavy atom. The van der Waals surface area contributed by atoms with Gasteiger partial charge in [0, 0.05) is 29.5 Å². The third-order valence-corrected chi connectivity index (χ3v) is 3.62. The number of hydrogen-bond donors (Lipinski definition) is 2. The van der Waals surface area contributed by atoms with Gasteiger partial charge in [-0.3, -0.25) is 16.0 Å². The Morgan fingerprint density at radius 2 is 2.25 bits per heavy atom. The van der Waals surface area contributed by atoms with Crippen LogP contribution in [0.3, 0.4) is 0 Å². The highest BCUT2D eigenvalue weighted by Gasteiger charge is 2.16. The van der Waals surface area contributed by atoms with Crippen LogP contribution in [0.15, 0.2) is 30.5 Å². The number of benzene rings is 1. The number of rotatable bonds is 6. The number of aryl methyl sites for hydroxylation is 2. The van der Waals surface area contributed by atoms with E-state index in [2.05, 4.69) is 10.5 Å². The van der Waals surface area contributed by atoms with E-state index in [0.717, 1.165) is 29.8 Å². The normalized spacial score (nSPS) is 12.4. The molecule has 0 amide bonds. The first-order valence-electron chi connectivity index (χ1n) is 6.42. The fraction of sp³-hybridized carbons (Fsp3) is 0.357. The lowest BCUT2D eigenvalue weighted by molar-refractivity contribution is 0.395. The summed E-state index contributed by atoms with van der Waals surface area (Å²) in [6.07, 6.45) is 3.48. The van der Waals surface area contributed by atoms with Gasteiger partial charge in [0.1, 0.15) is 5.75 Å². The predicted molar refractivity (Wildman–Crippen MR) is 79.6 cm³/mol. The Kier molecular flexibility index (Phi) is 5.00. The van der Waals surface area contributed by atoms with E-state index < -0.39 is 0 Å². The Bertz CT molecular complexity index is 570. The highest BCUT2D eigenvalue weighted by molar-refractivity contribution is 6.30. The van der Waals surface area contributed by atoms with Crippen molar-refractivity contribution in [1.29, 1.82) is 0 Å². The minimum absolute atomic E-state index is 0.0291. The molecule has 2 rings (SSSR count). The lowest BCUT2D eigenvalue weighted by Gasteiger charge is -2.19. The molecule has 0 aliphatic rings. The number of hydrogen-bond acceptors (Lipinski definition) is 4. The zero-order valence-electron chi connectivity index (χ0n) is 11.6. The SMILES string of the molecule is COc1ccc(Cl)cc1C(CCc1ccnn1C)NN. The van der Waals surface area contributed by atoms with E-state index in [-0.39, 0.29) is 6.04 Å². The first kappa shape index (κ1) is 14.8. The number of methoxy groups -OCH3 is 1. The second-order valence-electron chi connectivity index (χ2n) is 4.59. The van der Waals surface area contributed by atoms with E-state index in [1.54, 1.807) is 19.4 Å². The molecule has 6 heteroatoms. The van der Waals surface area contributed by atoms with Gasteiger partial charge in [0.2, 0.25) is 0 Å². The average Bonchev–Trinajstić information content (AvgIpc) is 2.85. The van der Waals surface area contributed by atoms with E-state index in [1.165, 1.54) is 0 Å². The highest BCUT2D eigenvalue weighted by atomic mass is 35.5. The van der Waals surface area contributed by atoms with Crippen LogP contribution < -0.4 is 16.0 Å². The van der Waals surface area contributed by atoms with Crippen LogP contribution in [0.1, 0.15) is 23.7 Å². The number of aromatic nitrogens is 2. The van der Waals surface area contributed by atoms with Crippen LogP contribution in [0.4, 0.5) is 0 Å². The molecule has 1 aromatic carbocycles. The van der Waals surface area contributed by atoms with Crippen molar-refractivity contribution in [2.24, 2.45) is 12.9 Å². The van der Waals surface area contributed by atoms with E-state index in [4.69, 9.17) is 22.2 Å². The van der Waals surface area contributed by atoms with Crippen molar-refractivity contribution in [2.75, 3.05) is 7.11 Å². The van der Waals surface area contributed by atoms with Crippen LogP contribution in [0, 0.1) is 0 Å². The molecule has 0 saturated heterocycles. The summed E-state index contributed by atoms with van der Waals surface area (Å²) >= 11 is 6.06. The fourth-order valence-corrected chi connectivity index (χ4v) is 2.43. The van der Waals surface area contributed by atoms with Crippen LogP contribution in [-0.4, -0.2) is 16.9 Å². The summed E-state index contributed by atoms with van der Waals surface area (Å²) in [6, 6.07) is 7.51. The largest absolute Gasteiger partial charge is 0.496 e. The first-order valence-corrected chi connectivity index (χ1v) is 6.80. The minimum Gasteiger partial charge on any atom is -0.496 e. The second-order valence-corrected chi connectivity index (χ2v) is 5.03. The fourth-order valence-electron chi connectivity index (χ4n) is 2.24. The van der Waals surface area contributed by atoms with E-state index in [9.17, 15) is 0 Å². The van der Waals surface area contributed by atoms with E-state index in [0.29, 0.717) is 5.02 Å². The molecule has 0 fully saturated rings. The molecule has 0 saturated carbocycles. The molecule has 1 aromatic heterocycles. The van der Waals surface area contributed by atoms with Gasteiger partial charge in [0.25, 0.3) is 0 Å². The Morgan fingerprint density at radius 3 is 2.85 bits per heavy atom. The van der Waals surface area contributed by atoms with Gasteiger partial charge in [-0.15, -0.1) is 0 Å². The number of nitrogens with zero attached hydrogens (tertiary/aromatic N) is 2. The predicted octanol–water partition coefficient (Wildman–Crippen LogP) is 2.22. The van der Waals surface area contributed by atoms with Gasteiger partial charge in [0.05, 0.1) is 13.2 Å². The summed E-state index contributed by atoms with van der Waals surface area (Å²) in [6.45, 7) is 0. The van der Waals surface area contributed by atoms with Crippen molar-refractivity contribution in [3.8, 4) is 5.75 Å². The highest BCUT2D eigenvalue weighted by Crippen LogP contribution is 2.30. The molecule has 0 aliphatic heterocycles. The third-order valence-electron chi connectivity index (χ3n) is 3.38. The molecule has 0 spiro atoms. The molecule has 5 nitrogen and oxygen atoms in total. The van der Waals surface area contributed by atoms with E-state index >= 15 is 0 Å². The zero-order valence-corrected chi connectivity index (χ0v) is 12.4. The van der Waals surface area contributed by atoms with Crippen LogP contribution in [-0.2, 0) is 13.5 Å². The van der Waals surface area contributed by atoms with Crippen LogP contribution >= 0.6 is 11.6 Å². The van der Waals surface area contributed by atoms with Gasteiger partial charge in [0.15, 0.2) is 0 Å². The number of nitrogens with one attached hydrogen (secondary N) is 1. The molecule has 20 heavy (non-hydrogen) atoms. The van der Waals surface area contributed by atoms with Gasteiger partial charge in [-0.05, 0) is 37.1 Å². The summed E-state index contributed by atoms with van der Waals surface area (Å²) in [5, 5.41) is 4.83. The zero-order chi connectivity index (χ0) is 14.5. The minimum atomic E-state index is -0.0291. The molecule has 2 aromatic rings. The maximum atomic E-state index is 6.06. The topological polar surface area (TPSA) is 65.1 Å². The van der Waals surface area contributed by atoms with E-state index in [1.807, 2.05) is 29.9 Å². The van der Waals surface area contributed by atoms with Gasteiger partial charge in [-0.2, -0.15) is 5.10 Å². The van der Waals surface area contributed by atoms with Crippen LogP contribution in [0.25, 0.3) is 0 Å². The molecule has 1 heterocycles. The average molecular weight is 295 g/mol. The van der Waals surface area contributed by atoms with Crippen molar-refractivity contribution >= 4 is 11.6 Å². The monoisotopic (exact) mass is 294 g/mol. The van der Waals surface area contributed by atoms with Crippen LogP contribution in [0.5, 0.6) is 5.75 Å². The lowest BCUT2D eigenvalue weighted by Crippen LogP contribution is -2.29. The smallest absolute Gasteiger partial charge is 0.123 e. The van der Waals surface area contributed by atoms with Gasteiger partial charge >= 0.3 is 0 Å². The molecule has 1 atom stereocenters. The molecule has 1 unspecified atom stereocenters. The number of hydrazine groups is 1. The second kappa shape index (κ2) is 6.74. The Hall–Kier alpha value is -1.56. The molecule has 0 aliphatic carbocycles.